The average Bonchev–Trinajstić information content (AvgIpc) is 2.60. The molecule has 1 heterocycles. The second-order valence-corrected chi connectivity index (χ2v) is 7.17. The summed E-state index contributed by atoms with van der Waals surface area (Å²) in [6.45, 7) is 11.2. The van der Waals surface area contributed by atoms with E-state index in [0.29, 0.717) is 6.54 Å². The van der Waals surface area contributed by atoms with E-state index in [1.807, 2.05) is 0 Å². The molecule has 18 heavy (non-hydrogen) atoms. The van der Waals surface area contributed by atoms with Gasteiger partial charge in [0.05, 0.1) is 6.10 Å². The highest BCUT2D eigenvalue weighted by molar-refractivity contribution is 5.81. The molecule has 0 aromatic rings. The largest absolute Gasteiger partial charge is 0.364 e. The lowest BCUT2D eigenvalue weighted by Gasteiger charge is -2.34. The van der Waals surface area contributed by atoms with Crippen LogP contribution in [0.2, 0.25) is 0 Å². The second kappa shape index (κ2) is 5.57. The maximum absolute atomic E-state index is 12.1. The topological polar surface area (TPSA) is 64.4 Å². The molecule has 1 amide bonds. The zero-order valence-corrected chi connectivity index (χ0v) is 12.4. The Kier molecular flexibility index (Phi) is 4.78. The minimum Gasteiger partial charge on any atom is -0.364 e. The predicted molar refractivity (Wildman–Crippen MR) is 73.2 cm³/mol. The van der Waals surface area contributed by atoms with Gasteiger partial charge in [-0.3, -0.25) is 4.79 Å². The molecule has 4 heteroatoms. The molecule has 2 atom stereocenters. The number of nitrogens with one attached hydrogen (secondary N) is 1. The van der Waals surface area contributed by atoms with Gasteiger partial charge in [0.2, 0.25) is 5.91 Å². The molecule has 106 valence electrons. The van der Waals surface area contributed by atoms with E-state index >= 15 is 0 Å². The number of ether oxygens (including phenoxy) is 1. The van der Waals surface area contributed by atoms with Crippen LogP contribution in [0.3, 0.4) is 0 Å². The molecule has 1 fully saturated rings. The Balaban J connectivity index is 2.49. The molecule has 1 aliphatic rings. The normalized spacial score (nSPS) is 25.2. The molecule has 3 N–H and O–H groups in total. The predicted octanol–water partition coefficient (Wildman–Crippen LogP) is 1.82. The first-order valence-electron chi connectivity index (χ1n) is 6.80. The Bertz CT molecular complexity index is 295. The Morgan fingerprint density at radius 1 is 1.28 bits per heavy atom. The van der Waals surface area contributed by atoms with Gasteiger partial charge in [0.1, 0.15) is 6.10 Å². The van der Waals surface area contributed by atoms with Gasteiger partial charge in [-0.25, -0.2) is 0 Å². The first kappa shape index (κ1) is 15.4. The van der Waals surface area contributed by atoms with Crippen LogP contribution in [0.25, 0.3) is 0 Å². The number of carbonyl (C=O) groups excluding carboxylic acids is 1. The van der Waals surface area contributed by atoms with Gasteiger partial charge in [0, 0.05) is 12.1 Å². The number of hydrogen-bond donors (Lipinski definition) is 2. The zero-order valence-electron chi connectivity index (χ0n) is 12.4. The van der Waals surface area contributed by atoms with Gasteiger partial charge in [-0.15, -0.1) is 0 Å². The molecule has 0 radical (unpaired) electrons. The van der Waals surface area contributed by atoms with E-state index in [1.54, 1.807) is 0 Å². The highest BCUT2D eigenvalue weighted by atomic mass is 16.5. The summed E-state index contributed by atoms with van der Waals surface area (Å²) < 4.78 is 5.61. The van der Waals surface area contributed by atoms with Crippen molar-refractivity contribution in [2.75, 3.05) is 6.54 Å². The lowest BCUT2D eigenvalue weighted by atomic mass is 9.81. The third kappa shape index (κ3) is 4.94. The van der Waals surface area contributed by atoms with Crippen molar-refractivity contribution in [1.29, 1.82) is 0 Å². The van der Waals surface area contributed by atoms with Crippen molar-refractivity contribution < 1.29 is 9.53 Å². The number of carbonyl (C=O) groups is 1. The van der Waals surface area contributed by atoms with E-state index in [9.17, 15) is 4.79 Å². The molecule has 1 aliphatic heterocycles. The molecule has 0 aromatic heterocycles. The van der Waals surface area contributed by atoms with Crippen molar-refractivity contribution in [3.8, 4) is 0 Å². The van der Waals surface area contributed by atoms with Crippen molar-refractivity contribution >= 4 is 5.91 Å². The Hall–Kier alpha value is -0.610. The fraction of sp³-hybridized carbons (Fsp3) is 0.929. The summed E-state index contributed by atoms with van der Waals surface area (Å²) in [4.78, 5) is 12.1. The van der Waals surface area contributed by atoms with Crippen LogP contribution in [0, 0.1) is 5.41 Å². The summed E-state index contributed by atoms with van der Waals surface area (Å²) >= 11 is 0. The molecule has 0 bridgehead atoms. The Morgan fingerprint density at radius 3 is 2.33 bits per heavy atom. The molecule has 4 nitrogen and oxygen atoms in total. The minimum atomic E-state index is -0.321. The fourth-order valence-corrected chi connectivity index (χ4v) is 2.86. The van der Waals surface area contributed by atoms with E-state index in [-0.39, 0.29) is 29.1 Å². The standard InChI is InChI=1S/C14H28N2O2/c1-13(2,3)9-14(4,5)16-12(17)11-7-6-10(8-15)18-11/h10-11H,6-9,15H2,1-5H3,(H,16,17)/t10-,11+/m1/s1. The van der Waals surface area contributed by atoms with Crippen LogP contribution in [0.15, 0.2) is 0 Å². The van der Waals surface area contributed by atoms with Gasteiger partial charge < -0.3 is 15.8 Å². The highest BCUT2D eigenvalue weighted by Gasteiger charge is 2.34. The van der Waals surface area contributed by atoms with E-state index in [0.717, 1.165) is 19.3 Å². The number of hydrogen-bond acceptors (Lipinski definition) is 3. The SMILES string of the molecule is CC(C)(C)CC(C)(C)NC(=O)[C@@H]1CC[C@H](CN)O1. The fourth-order valence-electron chi connectivity index (χ4n) is 2.86. The van der Waals surface area contributed by atoms with Crippen LogP contribution in [0.4, 0.5) is 0 Å². The smallest absolute Gasteiger partial charge is 0.249 e. The summed E-state index contributed by atoms with van der Waals surface area (Å²) in [7, 11) is 0. The number of nitrogens with two attached hydrogens (primary N) is 1. The third-order valence-corrected chi connectivity index (χ3v) is 3.10. The van der Waals surface area contributed by atoms with Gasteiger partial charge in [-0.1, -0.05) is 20.8 Å². The van der Waals surface area contributed by atoms with E-state index in [4.69, 9.17) is 10.5 Å². The molecular weight excluding hydrogens is 228 g/mol. The molecule has 0 spiro atoms. The van der Waals surface area contributed by atoms with Gasteiger partial charge in [0.25, 0.3) is 0 Å². The van der Waals surface area contributed by atoms with Crippen molar-refractivity contribution in [3.63, 3.8) is 0 Å². The summed E-state index contributed by atoms with van der Waals surface area (Å²) in [5, 5.41) is 3.09. The van der Waals surface area contributed by atoms with Crippen molar-refractivity contribution in [2.45, 2.75) is 71.6 Å². The van der Waals surface area contributed by atoms with Crippen LogP contribution in [0.5, 0.6) is 0 Å². The maximum Gasteiger partial charge on any atom is 0.249 e. The van der Waals surface area contributed by atoms with Crippen molar-refractivity contribution in [1.82, 2.24) is 5.32 Å². The first-order chi connectivity index (χ1) is 8.13. The highest BCUT2D eigenvalue weighted by Crippen LogP contribution is 2.27. The van der Waals surface area contributed by atoms with Crippen LogP contribution < -0.4 is 11.1 Å². The maximum atomic E-state index is 12.1. The minimum absolute atomic E-state index is 0.000185. The Morgan fingerprint density at radius 2 is 1.89 bits per heavy atom. The van der Waals surface area contributed by atoms with Gasteiger partial charge >= 0.3 is 0 Å². The average molecular weight is 256 g/mol. The van der Waals surface area contributed by atoms with E-state index in [1.165, 1.54) is 0 Å². The van der Waals surface area contributed by atoms with Crippen LogP contribution in [0.1, 0.15) is 53.9 Å². The number of amides is 1. The lowest BCUT2D eigenvalue weighted by Crippen LogP contribution is -2.49. The molecular formula is C14H28N2O2. The van der Waals surface area contributed by atoms with Crippen LogP contribution in [-0.2, 0) is 9.53 Å². The van der Waals surface area contributed by atoms with Gasteiger partial charge in [-0.05, 0) is 38.5 Å². The lowest BCUT2D eigenvalue weighted by molar-refractivity contribution is -0.133. The van der Waals surface area contributed by atoms with E-state index < -0.39 is 0 Å². The summed E-state index contributed by atoms with van der Waals surface area (Å²) in [6, 6.07) is 0. The molecule has 0 saturated carbocycles. The van der Waals surface area contributed by atoms with Gasteiger partial charge in [-0.2, -0.15) is 0 Å². The molecule has 1 rings (SSSR count). The molecule has 1 saturated heterocycles. The van der Waals surface area contributed by atoms with Gasteiger partial charge in [0.15, 0.2) is 0 Å². The zero-order chi connectivity index (χ0) is 14.0. The van der Waals surface area contributed by atoms with E-state index in [2.05, 4.69) is 39.9 Å². The monoisotopic (exact) mass is 256 g/mol. The first-order valence-corrected chi connectivity index (χ1v) is 6.80. The van der Waals surface area contributed by atoms with Crippen LogP contribution in [-0.4, -0.2) is 30.2 Å². The number of rotatable bonds is 4. The van der Waals surface area contributed by atoms with Crippen LogP contribution >= 0.6 is 0 Å². The summed E-state index contributed by atoms with van der Waals surface area (Å²) in [5.41, 5.74) is 5.53. The quantitative estimate of drug-likeness (QED) is 0.806. The summed E-state index contributed by atoms with van der Waals surface area (Å²) in [6.07, 6.45) is 2.32. The molecule has 0 aromatic carbocycles. The summed E-state index contributed by atoms with van der Waals surface area (Å²) in [5.74, 6) is 0.000185. The van der Waals surface area contributed by atoms with Crippen molar-refractivity contribution in [2.24, 2.45) is 11.1 Å². The molecule has 0 unspecified atom stereocenters. The molecule has 0 aliphatic carbocycles. The third-order valence-electron chi connectivity index (χ3n) is 3.10. The second-order valence-electron chi connectivity index (χ2n) is 7.17. The van der Waals surface area contributed by atoms with Crippen molar-refractivity contribution in [3.05, 3.63) is 0 Å². The Labute approximate surface area is 111 Å².